The van der Waals surface area contributed by atoms with E-state index in [2.05, 4.69) is 48.5 Å². The van der Waals surface area contributed by atoms with Crippen LogP contribution in [0.15, 0.2) is 0 Å². The molecular weight excluding hydrogens is 1330 g/mol. The molecule has 6 atom stereocenters. The summed E-state index contributed by atoms with van der Waals surface area (Å²) < 4.78 is 68.8. The predicted molar refractivity (Wildman–Crippen MR) is 418 cm³/mol. The van der Waals surface area contributed by atoms with Gasteiger partial charge in [0.1, 0.15) is 19.3 Å². The molecule has 19 heteroatoms. The maximum absolute atomic E-state index is 13.1. The van der Waals surface area contributed by atoms with Gasteiger partial charge in [-0.2, -0.15) is 0 Å². The average Bonchev–Trinajstić information content (AvgIpc) is 0.916. The average molecular weight is 1490 g/mol. The molecule has 0 heterocycles. The van der Waals surface area contributed by atoms with Gasteiger partial charge in [-0.25, -0.2) is 9.13 Å². The van der Waals surface area contributed by atoms with Crippen LogP contribution >= 0.6 is 15.6 Å². The molecule has 0 amide bonds. The molecule has 0 spiro atoms. The van der Waals surface area contributed by atoms with Crippen molar-refractivity contribution in [2.24, 2.45) is 17.8 Å². The van der Waals surface area contributed by atoms with Crippen molar-refractivity contribution >= 4 is 39.5 Å². The van der Waals surface area contributed by atoms with E-state index in [1.54, 1.807) is 0 Å². The molecule has 3 N–H and O–H groups in total. The Labute approximate surface area is 626 Å². The monoisotopic (exact) mass is 1490 g/mol. The lowest BCUT2D eigenvalue weighted by Gasteiger charge is -2.21. The minimum Gasteiger partial charge on any atom is -0.462 e. The molecule has 0 aromatic carbocycles. The Morgan fingerprint density at radius 2 is 0.500 bits per heavy atom. The third-order valence-electron chi connectivity index (χ3n) is 19.7. The smallest absolute Gasteiger partial charge is 0.462 e. The summed E-state index contributed by atoms with van der Waals surface area (Å²) in [5, 5.41) is 10.7. The first-order valence-electron chi connectivity index (χ1n) is 42.9. The number of rotatable bonds is 81. The summed E-state index contributed by atoms with van der Waals surface area (Å²) in [4.78, 5) is 73.1. The molecule has 0 aromatic heterocycles. The lowest BCUT2D eigenvalue weighted by Crippen LogP contribution is -2.30. The van der Waals surface area contributed by atoms with Gasteiger partial charge in [-0.1, -0.05) is 382 Å². The minimum absolute atomic E-state index is 0.106. The van der Waals surface area contributed by atoms with Gasteiger partial charge in [-0.05, 0) is 43.4 Å². The Hall–Kier alpha value is -1.94. The number of aliphatic hydroxyl groups excluding tert-OH is 1. The molecule has 0 aromatic rings. The first kappa shape index (κ1) is 100. The normalized spacial score (nSPS) is 14.2. The van der Waals surface area contributed by atoms with E-state index in [9.17, 15) is 43.2 Å². The van der Waals surface area contributed by atoms with Crippen molar-refractivity contribution in [3.63, 3.8) is 0 Å². The zero-order valence-corrected chi connectivity index (χ0v) is 68.9. The maximum Gasteiger partial charge on any atom is 0.472 e. The van der Waals surface area contributed by atoms with E-state index < -0.39 is 97.5 Å². The van der Waals surface area contributed by atoms with Gasteiger partial charge in [0.25, 0.3) is 0 Å². The number of carbonyl (C=O) groups is 4. The Balaban J connectivity index is 5.24. The van der Waals surface area contributed by atoms with Crippen molar-refractivity contribution in [2.75, 3.05) is 39.6 Å². The fourth-order valence-electron chi connectivity index (χ4n) is 12.8. The summed E-state index contributed by atoms with van der Waals surface area (Å²) >= 11 is 0. The third-order valence-corrected chi connectivity index (χ3v) is 21.6. The molecule has 0 saturated carbocycles. The highest BCUT2D eigenvalue weighted by Crippen LogP contribution is 2.45. The van der Waals surface area contributed by atoms with Crippen molar-refractivity contribution in [1.82, 2.24) is 0 Å². The van der Waals surface area contributed by atoms with Gasteiger partial charge in [-0.15, -0.1) is 0 Å². The molecule has 0 bridgehead atoms. The van der Waals surface area contributed by atoms with Gasteiger partial charge in [-0.3, -0.25) is 37.3 Å². The molecule has 102 heavy (non-hydrogen) atoms. The van der Waals surface area contributed by atoms with Crippen molar-refractivity contribution in [1.29, 1.82) is 0 Å². The van der Waals surface area contributed by atoms with Crippen LogP contribution in [0, 0.1) is 17.8 Å². The Bertz CT molecular complexity index is 1980. The molecule has 0 rings (SSSR count). The van der Waals surface area contributed by atoms with Crippen LogP contribution in [0.2, 0.25) is 0 Å². The summed E-state index contributed by atoms with van der Waals surface area (Å²) in [5.41, 5.74) is 0. The Morgan fingerprint density at radius 1 is 0.284 bits per heavy atom. The largest absolute Gasteiger partial charge is 0.472 e. The van der Waals surface area contributed by atoms with Gasteiger partial charge < -0.3 is 33.8 Å². The number of phosphoric acid groups is 2. The van der Waals surface area contributed by atoms with Gasteiger partial charge in [0.15, 0.2) is 12.2 Å². The SMILES string of the molecule is CCCCCCCCCCCCCCCCCCC(=O)OC[C@H](COP(=O)(O)OC[C@@H](O)COP(=O)(O)OC[C@@H](COC(=O)CCCCCCCCCCC(C)C)OC(=O)CCCCCCCCCCCCC(C)CC)OC(=O)CCCCCCCCCCCCCCCCCCCCC(C)C. The summed E-state index contributed by atoms with van der Waals surface area (Å²) in [5.74, 6) is 0.241. The van der Waals surface area contributed by atoms with Gasteiger partial charge in [0.05, 0.1) is 26.4 Å². The molecule has 0 aliphatic heterocycles. The predicted octanol–water partition coefficient (Wildman–Crippen LogP) is 24.9. The molecule has 0 radical (unpaired) electrons. The van der Waals surface area contributed by atoms with Gasteiger partial charge in [0, 0.05) is 25.7 Å². The van der Waals surface area contributed by atoms with Crippen LogP contribution in [0.4, 0.5) is 0 Å². The highest BCUT2D eigenvalue weighted by molar-refractivity contribution is 7.47. The van der Waals surface area contributed by atoms with Gasteiger partial charge in [0.2, 0.25) is 0 Å². The third kappa shape index (κ3) is 74.9. The van der Waals surface area contributed by atoms with E-state index in [0.717, 1.165) is 108 Å². The van der Waals surface area contributed by atoms with Crippen LogP contribution in [0.3, 0.4) is 0 Å². The number of ether oxygens (including phenoxy) is 4. The van der Waals surface area contributed by atoms with E-state index in [0.29, 0.717) is 25.7 Å². The van der Waals surface area contributed by atoms with Crippen LogP contribution in [0.25, 0.3) is 0 Å². The van der Waals surface area contributed by atoms with Crippen molar-refractivity contribution < 1.29 is 80.2 Å². The first-order valence-corrected chi connectivity index (χ1v) is 45.9. The van der Waals surface area contributed by atoms with Crippen LogP contribution in [0.5, 0.6) is 0 Å². The zero-order chi connectivity index (χ0) is 75.1. The van der Waals surface area contributed by atoms with Crippen molar-refractivity contribution in [3.05, 3.63) is 0 Å². The number of unbranched alkanes of at least 4 members (excludes halogenated alkanes) is 48. The molecule has 0 saturated heterocycles. The molecule has 0 fully saturated rings. The number of hydrogen-bond donors (Lipinski definition) is 3. The highest BCUT2D eigenvalue weighted by atomic mass is 31.2. The van der Waals surface area contributed by atoms with Crippen LogP contribution < -0.4 is 0 Å². The standard InChI is InChI=1S/C83H162O17P2/c1-8-10-11-12-13-14-15-16-17-23-26-29-35-43-50-57-64-80(85)93-70-78(99-82(87)66-59-52-45-36-30-27-24-21-19-18-20-22-25-28-33-40-47-54-61-74(3)4)72-97-101(89,90)95-68-77(84)69-96-102(91,92)98-73-79(71-94-81(86)65-58-51-44-39-38-41-48-55-62-75(5)6)100-83(88)67-60-53-46-37-32-31-34-42-49-56-63-76(7)9-2/h74-79,84H,8-73H2,1-7H3,(H,89,90)(H,91,92)/t76?,77-,78-,79-/m1/s1. The van der Waals surface area contributed by atoms with E-state index in [1.165, 1.54) is 244 Å². The molecule has 0 aliphatic carbocycles. The quantitative estimate of drug-likeness (QED) is 0.0222. The second-order valence-electron chi connectivity index (χ2n) is 31.1. The van der Waals surface area contributed by atoms with E-state index in [-0.39, 0.29) is 25.7 Å². The number of phosphoric ester groups is 2. The van der Waals surface area contributed by atoms with E-state index in [1.807, 2.05) is 0 Å². The summed E-state index contributed by atoms with van der Waals surface area (Å²) in [7, 11) is -9.92. The number of hydrogen-bond acceptors (Lipinski definition) is 15. The Kier molecular flexibility index (Phi) is 71.8. The molecule has 3 unspecified atom stereocenters. The summed E-state index contributed by atoms with van der Waals surface area (Å²) in [6.45, 7) is 12.0. The minimum atomic E-state index is -4.96. The van der Waals surface area contributed by atoms with Crippen molar-refractivity contribution in [3.8, 4) is 0 Å². The molecule has 17 nitrogen and oxygen atoms in total. The van der Waals surface area contributed by atoms with Crippen LogP contribution in [-0.2, 0) is 65.4 Å². The second-order valence-corrected chi connectivity index (χ2v) is 34.0. The second kappa shape index (κ2) is 73.2. The fourth-order valence-corrected chi connectivity index (χ4v) is 14.4. The molecular formula is C83H162O17P2. The number of carbonyl (C=O) groups excluding carboxylic acids is 4. The Morgan fingerprint density at radius 3 is 0.745 bits per heavy atom. The zero-order valence-electron chi connectivity index (χ0n) is 67.1. The number of aliphatic hydroxyl groups is 1. The number of esters is 4. The van der Waals surface area contributed by atoms with E-state index >= 15 is 0 Å². The van der Waals surface area contributed by atoms with Crippen LogP contribution in [-0.4, -0.2) is 96.7 Å². The summed E-state index contributed by atoms with van der Waals surface area (Å²) in [6.07, 6.45) is 62.4. The highest BCUT2D eigenvalue weighted by Gasteiger charge is 2.30. The molecule has 606 valence electrons. The van der Waals surface area contributed by atoms with E-state index in [4.69, 9.17) is 37.0 Å². The van der Waals surface area contributed by atoms with Gasteiger partial charge >= 0.3 is 39.5 Å². The van der Waals surface area contributed by atoms with Crippen LogP contribution in [0.1, 0.15) is 434 Å². The fraction of sp³-hybridized carbons (Fsp3) is 0.952. The lowest BCUT2D eigenvalue weighted by atomic mass is 9.99. The summed E-state index contributed by atoms with van der Waals surface area (Å²) in [6, 6.07) is 0. The lowest BCUT2D eigenvalue weighted by molar-refractivity contribution is -0.161. The maximum atomic E-state index is 13.1. The molecule has 0 aliphatic rings. The first-order chi connectivity index (χ1) is 49.3. The van der Waals surface area contributed by atoms with Crippen molar-refractivity contribution in [2.45, 2.75) is 452 Å². The topological polar surface area (TPSA) is 237 Å².